The number of alkyl halides is 3. The second-order valence-corrected chi connectivity index (χ2v) is 6.16. The Morgan fingerprint density at radius 1 is 1.35 bits per heavy atom. The van der Waals surface area contributed by atoms with Gasteiger partial charge in [-0.1, -0.05) is 18.6 Å². The molecule has 0 aromatic heterocycles. The van der Waals surface area contributed by atoms with Crippen LogP contribution < -0.4 is 15.8 Å². The van der Waals surface area contributed by atoms with E-state index >= 15 is 0 Å². The van der Waals surface area contributed by atoms with Gasteiger partial charge in [-0.2, -0.15) is 0 Å². The summed E-state index contributed by atoms with van der Waals surface area (Å²) in [6.45, 7) is 2.21. The maximum Gasteiger partial charge on any atom is 0.573 e. The average molecular weight is 396 g/mol. The SMILES string of the molecule is Cl.NCCC(=O)NCC1CCCCN1Cc1cccc(OC(F)(F)F)c1. The Bertz CT molecular complexity index is 572. The van der Waals surface area contributed by atoms with Crippen LogP contribution in [0.25, 0.3) is 0 Å². The Kier molecular flexibility index (Phi) is 9.18. The quantitative estimate of drug-likeness (QED) is 0.745. The second kappa shape index (κ2) is 10.6. The highest BCUT2D eigenvalue weighted by atomic mass is 35.5. The van der Waals surface area contributed by atoms with Crippen molar-refractivity contribution in [2.24, 2.45) is 5.73 Å². The fourth-order valence-electron chi connectivity index (χ4n) is 3.03. The Morgan fingerprint density at radius 3 is 2.81 bits per heavy atom. The molecule has 0 radical (unpaired) electrons. The van der Waals surface area contributed by atoms with Gasteiger partial charge in [-0.3, -0.25) is 9.69 Å². The lowest BCUT2D eigenvalue weighted by molar-refractivity contribution is -0.274. The number of rotatable bonds is 7. The first-order chi connectivity index (χ1) is 11.9. The predicted molar refractivity (Wildman–Crippen MR) is 95.1 cm³/mol. The number of nitrogens with zero attached hydrogens (tertiary/aromatic N) is 1. The molecule has 148 valence electrons. The van der Waals surface area contributed by atoms with Gasteiger partial charge in [0.1, 0.15) is 5.75 Å². The zero-order valence-corrected chi connectivity index (χ0v) is 15.2. The largest absolute Gasteiger partial charge is 0.573 e. The van der Waals surface area contributed by atoms with Crippen molar-refractivity contribution in [3.05, 3.63) is 29.8 Å². The zero-order chi connectivity index (χ0) is 18.3. The predicted octanol–water partition coefficient (Wildman–Crippen LogP) is 2.83. The van der Waals surface area contributed by atoms with E-state index in [-0.39, 0.29) is 30.1 Å². The van der Waals surface area contributed by atoms with Gasteiger partial charge in [-0.15, -0.1) is 25.6 Å². The molecular formula is C17H25ClF3N3O2. The van der Waals surface area contributed by atoms with E-state index in [0.29, 0.717) is 26.1 Å². The van der Waals surface area contributed by atoms with Crippen LogP contribution in [-0.2, 0) is 11.3 Å². The van der Waals surface area contributed by atoms with Crippen LogP contribution in [0.4, 0.5) is 13.2 Å². The third-order valence-electron chi connectivity index (χ3n) is 4.17. The second-order valence-electron chi connectivity index (χ2n) is 6.16. The van der Waals surface area contributed by atoms with Crippen LogP contribution in [0.2, 0.25) is 0 Å². The Hall–Kier alpha value is -1.51. The van der Waals surface area contributed by atoms with Crippen LogP contribution >= 0.6 is 12.4 Å². The van der Waals surface area contributed by atoms with E-state index in [1.165, 1.54) is 12.1 Å². The third-order valence-corrected chi connectivity index (χ3v) is 4.17. The van der Waals surface area contributed by atoms with E-state index in [2.05, 4.69) is 15.0 Å². The topological polar surface area (TPSA) is 67.6 Å². The molecule has 0 saturated carbocycles. The molecule has 0 spiro atoms. The standard InChI is InChI=1S/C17H24F3N3O2.ClH/c18-17(19,20)25-15-6-3-4-13(10-15)12-23-9-2-1-5-14(23)11-22-16(24)7-8-21;/h3-4,6,10,14H,1-2,5,7-9,11-12,21H2,(H,22,24);1H. The summed E-state index contributed by atoms with van der Waals surface area (Å²) in [4.78, 5) is 13.8. The number of carbonyl (C=O) groups excluding carboxylic acids is 1. The summed E-state index contributed by atoms with van der Waals surface area (Å²) in [6, 6.07) is 6.20. The van der Waals surface area contributed by atoms with Crippen molar-refractivity contribution in [2.45, 2.75) is 44.6 Å². The summed E-state index contributed by atoms with van der Waals surface area (Å²) in [5.74, 6) is -0.289. The Labute approximate surface area is 157 Å². The average Bonchev–Trinajstić information content (AvgIpc) is 2.53. The van der Waals surface area contributed by atoms with Gasteiger partial charge in [0, 0.05) is 32.1 Å². The fourth-order valence-corrected chi connectivity index (χ4v) is 3.03. The van der Waals surface area contributed by atoms with Gasteiger partial charge in [-0.25, -0.2) is 0 Å². The van der Waals surface area contributed by atoms with Gasteiger partial charge < -0.3 is 15.8 Å². The first-order valence-electron chi connectivity index (χ1n) is 8.43. The number of hydrogen-bond acceptors (Lipinski definition) is 4. The highest BCUT2D eigenvalue weighted by Gasteiger charge is 2.31. The Balaban J connectivity index is 0.00000338. The molecule has 1 amide bonds. The highest BCUT2D eigenvalue weighted by Crippen LogP contribution is 2.25. The minimum Gasteiger partial charge on any atom is -0.406 e. The minimum absolute atomic E-state index is 0. The van der Waals surface area contributed by atoms with E-state index in [1.807, 2.05) is 0 Å². The van der Waals surface area contributed by atoms with Crippen molar-refractivity contribution < 1.29 is 22.7 Å². The summed E-state index contributed by atoms with van der Waals surface area (Å²) in [7, 11) is 0. The maximum atomic E-state index is 12.4. The molecular weight excluding hydrogens is 371 g/mol. The molecule has 0 aliphatic carbocycles. The van der Waals surface area contributed by atoms with E-state index in [4.69, 9.17) is 5.73 Å². The zero-order valence-electron chi connectivity index (χ0n) is 14.4. The van der Waals surface area contributed by atoms with Crippen molar-refractivity contribution in [3.8, 4) is 5.75 Å². The smallest absolute Gasteiger partial charge is 0.406 e. The number of amides is 1. The molecule has 5 nitrogen and oxygen atoms in total. The van der Waals surface area contributed by atoms with Gasteiger partial charge in [0.05, 0.1) is 0 Å². The molecule has 1 fully saturated rings. The lowest BCUT2D eigenvalue weighted by Crippen LogP contribution is -2.46. The van der Waals surface area contributed by atoms with Crippen LogP contribution in [0.3, 0.4) is 0 Å². The van der Waals surface area contributed by atoms with Crippen LogP contribution in [0, 0.1) is 0 Å². The van der Waals surface area contributed by atoms with Crippen molar-refractivity contribution in [2.75, 3.05) is 19.6 Å². The first-order valence-corrected chi connectivity index (χ1v) is 8.43. The van der Waals surface area contributed by atoms with E-state index < -0.39 is 6.36 Å². The Morgan fingerprint density at radius 2 is 2.12 bits per heavy atom. The summed E-state index contributed by atoms with van der Waals surface area (Å²) >= 11 is 0. The van der Waals surface area contributed by atoms with Crippen molar-refractivity contribution in [1.82, 2.24) is 10.2 Å². The van der Waals surface area contributed by atoms with E-state index in [1.54, 1.807) is 12.1 Å². The van der Waals surface area contributed by atoms with E-state index in [0.717, 1.165) is 31.4 Å². The molecule has 1 aliphatic rings. The van der Waals surface area contributed by atoms with Crippen molar-refractivity contribution >= 4 is 18.3 Å². The molecule has 3 N–H and O–H groups in total. The van der Waals surface area contributed by atoms with Crippen molar-refractivity contribution in [1.29, 1.82) is 0 Å². The fraction of sp³-hybridized carbons (Fsp3) is 0.588. The summed E-state index contributed by atoms with van der Waals surface area (Å²) in [6.07, 6.45) is -1.35. The number of carbonyl (C=O) groups is 1. The normalized spacial score (nSPS) is 18.1. The van der Waals surface area contributed by atoms with Crippen molar-refractivity contribution in [3.63, 3.8) is 0 Å². The molecule has 1 saturated heterocycles. The lowest BCUT2D eigenvalue weighted by atomic mass is 10.0. The summed E-state index contributed by atoms with van der Waals surface area (Å²) in [5, 5.41) is 2.88. The molecule has 1 aliphatic heterocycles. The molecule has 1 aromatic rings. The molecule has 26 heavy (non-hydrogen) atoms. The van der Waals surface area contributed by atoms with Crippen LogP contribution in [-0.4, -0.2) is 42.8 Å². The number of piperidine rings is 1. The molecule has 1 atom stereocenters. The molecule has 9 heteroatoms. The summed E-state index contributed by atoms with van der Waals surface area (Å²) < 4.78 is 41.0. The van der Waals surface area contributed by atoms with Gasteiger partial charge >= 0.3 is 6.36 Å². The lowest BCUT2D eigenvalue weighted by Gasteiger charge is -2.36. The molecule has 2 rings (SSSR count). The van der Waals surface area contributed by atoms with Crippen LogP contribution in [0.5, 0.6) is 5.75 Å². The minimum atomic E-state index is -4.69. The molecule has 1 unspecified atom stereocenters. The van der Waals surface area contributed by atoms with Gasteiger partial charge in [0.2, 0.25) is 5.91 Å². The van der Waals surface area contributed by atoms with E-state index in [9.17, 15) is 18.0 Å². The van der Waals surface area contributed by atoms with Crippen LogP contribution in [0.15, 0.2) is 24.3 Å². The number of likely N-dealkylation sites (tertiary alicyclic amines) is 1. The van der Waals surface area contributed by atoms with Crippen LogP contribution in [0.1, 0.15) is 31.2 Å². The van der Waals surface area contributed by atoms with Gasteiger partial charge in [0.25, 0.3) is 0 Å². The number of benzene rings is 1. The first kappa shape index (κ1) is 22.5. The van der Waals surface area contributed by atoms with Gasteiger partial charge in [0.15, 0.2) is 0 Å². The maximum absolute atomic E-state index is 12.4. The molecule has 1 heterocycles. The monoisotopic (exact) mass is 395 g/mol. The summed E-state index contributed by atoms with van der Waals surface area (Å²) in [5.41, 5.74) is 6.11. The molecule has 0 bridgehead atoms. The number of hydrogen-bond donors (Lipinski definition) is 2. The number of nitrogens with two attached hydrogens (primary N) is 1. The third kappa shape index (κ3) is 7.80. The highest BCUT2D eigenvalue weighted by molar-refractivity contribution is 5.85. The number of halogens is 4. The van der Waals surface area contributed by atoms with Gasteiger partial charge in [-0.05, 0) is 37.1 Å². The number of nitrogens with one attached hydrogen (secondary N) is 1. The number of ether oxygens (including phenoxy) is 1. The molecule has 1 aromatic carbocycles.